The van der Waals surface area contributed by atoms with Gasteiger partial charge in [0, 0.05) is 11.1 Å². The van der Waals surface area contributed by atoms with Crippen molar-refractivity contribution in [3.05, 3.63) is 34.3 Å². The fourth-order valence-electron chi connectivity index (χ4n) is 3.07. The van der Waals surface area contributed by atoms with E-state index >= 15 is 0 Å². The lowest BCUT2D eigenvalue weighted by Gasteiger charge is -2.29. The molecule has 0 saturated carbocycles. The number of halogens is 1. The van der Waals surface area contributed by atoms with Crippen LogP contribution < -0.4 is 0 Å². The van der Waals surface area contributed by atoms with E-state index < -0.39 is 0 Å². The van der Waals surface area contributed by atoms with Crippen LogP contribution in [0.2, 0.25) is 0 Å². The van der Waals surface area contributed by atoms with Crippen LogP contribution in [0.25, 0.3) is 0 Å². The molecule has 1 N–H and O–H groups in total. The van der Waals surface area contributed by atoms with Crippen LogP contribution in [-0.2, 0) is 0 Å². The Hall–Kier alpha value is -0.380. The average Bonchev–Trinajstić information content (AvgIpc) is 2.49. The predicted octanol–water partition coefficient (Wildman–Crippen LogP) is 4.04. The van der Waals surface area contributed by atoms with E-state index in [9.17, 15) is 5.11 Å². The van der Waals surface area contributed by atoms with Crippen LogP contribution in [0, 0.1) is 5.92 Å². The quantitative estimate of drug-likeness (QED) is 0.845. The number of piperidine rings is 1. The molecule has 2 nitrogen and oxygen atoms in total. The zero-order valence-electron chi connectivity index (χ0n) is 12.4. The molecule has 2 rings (SSSR count). The molecule has 0 amide bonds. The van der Waals surface area contributed by atoms with E-state index in [1.165, 1.54) is 37.9 Å². The SMILES string of the molecule is CC(c1ccc(Br)cc1)C(CO)CCN1CCCCC1. The fourth-order valence-corrected chi connectivity index (χ4v) is 3.33. The highest BCUT2D eigenvalue weighted by Crippen LogP contribution is 2.28. The Morgan fingerprint density at radius 2 is 1.80 bits per heavy atom. The maximum absolute atomic E-state index is 9.71. The maximum Gasteiger partial charge on any atom is 0.0465 e. The highest BCUT2D eigenvalue weighted by Gasteiger charge is 2.20. The maximum atomic E-state index is 9.71. The van der Waals surface area contributed by atoms with Crippen molar-refractivity contribution in [1.82, 2.24) is 4.90 Å². The van der Waals surface area contributed by atoms with E-state index in [0.29, 0.717) is 11.8 Å². The van der Waals surface area contributed by atoms with Crippen molar-refractivity contribution in [2.24, 2.45) is 5.92 Å². The van der Waals surface area contributed by atoms with Crippen LogP contribution in [0.1, 0.15) is 44.1 Å². The zero-order chi connectivity index (χ0) is 14.4. The van der Waals surface area contributed by atoms with Gasteiger partial charge in [-0.2, -0.15) is 0 Å². The fraction of sp³-hybridized carbons (Fsp3) is 0.647. The third-order valence-electron chi connectivity index (χ3n) is 4.60. The van der Waals surface area contributed by atoms with Gasteiger partial charge in [0.05, 0.1) is 0 Å². The van der Waals surface area contributed by atoms with Gasteiger partial charge in [-0.05, 0) is 68.4 Å². The van der Waals surface area contributed by atoms with Crippen LogP contribution in [0.3, 0.4) is 0 Å². The second-order valence-electron chi connectivity index (χ2n) is 5.97. The molecule has 0 aromatic heterocycles. The molecule has 112 valence electrons. The molecular formula is C17H26BrNO. The van der Waals surface area contributed by atoms with Crippen LogP contribution >= 0.6 is 15.9 Å². The largest absolute Gasteiger partial charge is 0.396 e. The van der Waals surface area contributed by atoms with E-state index in [1.54, 1.807) is 0 Å². The second-order valence-corrected chi connectivity index (χ2v) is 6.89. The van der Waals surface area contributed by atoms with Gasteiger partial charge in [-0.3, -0.25) is 0 Å². The van der Waals surface area contributed by atoms with Crippen LogP contribution in [0.4, 0.5) is 0 Å². The van der Waals surface area contributed by atoms with Crippen molar-refractivity contribution in [2.75, 3.05) is 26.2 Å². The Balaban J connectivity index is 1.88. The molecule has 0 aliphatic carbocycles. The van der Waals surface area contributed by atoms with E-state index in [4.69, 9.17) is 0 Å². The number of rotatable bonds is 6. The number of hydrogen-bond acceptors (Lipinski definition) is 2. The molecule has 0 bridgehead atoms. The Morgan fingerprint density at radius 1 is 1.15 bits per heavy atom. The number of hydrogen-bond donors (Lipinski definition) is 1. The van der Waals surface area contributed by atoms with E-state index in [-0.39, 0.29) is 6.61 Å². The highest BCUT2D eigenvalue weighted by molar-refractivity contribution is 9.10. The van der Waals surface area contributed by atoms with Gasteiger partial charge in [0.25, 0.3) is 0 Å². The van der Waals surface area contributed by atoms with Crippen molar-refractivity contribution in [2.45, 2.75) is 38.5 Å². The molecule has 1 saturated heterocycles. The minimum atomic E-state index is 0.283. The van der Waals surface area contributed by atoms with Gasteiger partial charge in [0.15, 0.2) is 0 Å². The summed E-state index contributed by atoms with van der Waals surface area (Å²) < 4.78 is 1.11. The molecule has 1 aromatic carbocycles. The van der Waals surface area contributed by atoms with Gasteiger partial charge in [-0.1, -0.05) is 41.4 Å². The second kappa shape index (κ2) is 8.16. The summed E-state index contributed by atoms with van der Waals surface area (Å²) in [5.41, 5.74) is 1.32. The Labute approximate surface area is 131 Å². The highest BCUT2D eigenvalue weighted by atomic mass is 79.9. The number of nitrogens with zero attached hydrogens (tertiary/aromatic N) is 1. The first kappa shape index (κ1) is 16.0. The first-order valence-corrected chi connectivity index (χ1v) is 8.58. The smallest absolute Gasteiger partial charge is 0.0465 e. The van der Waals surface area contributed by atoms with Gasteiger partial charge in [-0.15, -0.1) is 0 Å². The third kappa shape index (κ3) is 4.57. The van der Waals surface area contributed by atoms with E-state index in [2.05, 4.69) is 52.0 Å². The van der Waals surface area contributed by atoms with Crippen LogP contribution in [0.5, 0.6) is 0 Å². The summed E-state index contributed by atoms with van der Waals surface area (Å²) >= 11 is 3.48. The molecule has 1 aromatic rings. The monoisotopic (exact) mass is 339 g/mol. The Morgan fingerprint density at radius 3 is 2.40 bits per heavy atom. The topological polar surface area (TPSA) is 23.5 Å². The molecule has 20 heavy (non-hydrogen) atoms. The molecule has 0 radical (unpaired) electrons. The molecule has 0 spiro atoms. The van der Waals surface area contributed by atoms with Gasteiger partial charge in [-0.25, -0.2) is 0 Å². The summed E-state index contributed by atoms with van der Waals surface area (Å²) in [6, 6.07) is 8.51. The number of likely N-dealkylation sites (tertiary alicyclic amines) is 1. The van der Waals surface area contributed by atoms with E-state index in [1.807, 2.05) is 0 Å². The lowest BCUT2D eigenvalue weighted by molar-refractivity contribution is 0.163. The van der Waals surface area contributed by atoms with Gasteiger partial charge >= 0.3 is 0 Å². The van der Waals surface area contributed by atoms with Crippen molar-refractivity contribution in [3.8, 4) is 0 Å². The first-order chi connectivity index (χ1) is 9.70. The number of aliphatic hydroxyl groups is 1. The minimum Gasteiger partial charge on any atom is -0.396 e. The van der Waals surface area contributed by atoms with Crippen molar-refractivity contribution >= 4 is 15.9 Å². The molecule has 3 heteroatoms. The number of aliphatic hydroxyl groups excluding tert-OH is 1. The first-order valence-electron chi connectivity index (χ1n) is 7.79. The van der Waals surface area contributed by atoms with Crippen molar-refractivity contribution in [1.29, 1.82) is 0 Å². The molecule has 2 unspecified atom stereocenters. The Bertz CT molecular complexity index is 386. The minimum absolute atomic E-state index is 0.283. The van der Waals surface area contributed by atoms with Crippen LogP contribution in [0.15, 0.2) is 28.7 Å². The predicted molar refractivity (Wildman–Crippen MR) is 88.0 cm³/mol. The molecule has 2 atom stereocenters. The summed E-state index contributed by atoms with van der Waals surface area (Å²) in [6.45, 7) is 6.13. The van der Waals surface area contributed by atoms with Gasteiger partial charge in [0.1, 0.15) is 0 Å². The van der Waals surface area contributed by atoms with Gasteiger partial charge < -0.3 is 10.0 Å². The summed E-state index contributed by atoms with van der Waals surface area (Å²) in [4.78, 5) is 2.56. The van der Waals surface area contributed by atoms with E-state index in [0.717, 1.165) is 17.4 Å². The lowest BCUT2D eigenvalue weighted by atomic mass is 9.85. The standard InChI is InChI=1S/C17H26BrNO/c1-14(15-5-7-17(18)8-6-15)16(13-20)9-12-19-10-3-2-4-11-19/h5-8,14,16,20H,2-4,9-13H2,1H3. The van der Waals surface area contributed by atoms with Crippen molar-refractivity contribution < 1.29 is 5.11 Å². The molecule has 1 fully saturated rings. The normalized spacial score (nSPS) is 19.8. The summed E-state index contributed by atoms with van der Waals surface area (Å²) in [5.74, 6) is 0.774. The number of benzene rings is 1. The van der Waals surface area contributed by atoms with Crippen molar-refractivity contribution in [3.63, 3.8) is 0 Å². The molecule has 1 heterocycles. The molecular weight excluding hydrogens is 314 g/mol. The molecule has 1 aliphatic rings. The Kier molecular flexibility index (Phi) is 6.53. The van der Waals surface area contributed by atoms with Gasteiger partial charge in [0.2, 0.25) is 0 Å². The summed E-state index contributed by atoms with van der Waals surface area (Å²) in [7, 11) is 0. The third-order valence-corrected chi connectivity index (χ3v) is 5.13. The summed E-state index contributed by atoms with van der Waals surface area (Å²) in [5, 5.41) is 9.71. The average molecular weight is 340 g/mol. The summed E-state index contributed by atoms with van der Waals surface area (Å²) in [6.07, 6.45) is 5.15. The van der Waals surface area contributed by atoms with Crippen LogP contribution in [-0.4, -0.2) is 36.2 Å². The lowest BCUT2D eigenvalue weighted by Crippen LogP contribution is -2.32. The zero-order valence-corrected chi connectivity index (χ0v) is 14.0. The molecule has 1 aliphatic heterocycles.